The molecule has 1 aromatic heterocycles. The topological polar surface area (TPSA) is 58.4 Å². The summed E-state index contributed by atoms with van der Waals surface area (Å²) < 4.78 is 0. The second-order valence-electron chi connectivity index (χ2n) is 5.77. The number of amides is 1. The Balaban J connectivity index is 0.00000220. The standard InChI is InChI=1S/C15H25N3OS.2ClH/c1-18(2)13(14-7-4-8-20-14)10-17-15(19)12-6-3-5-11(12)9-16;;/h4,7-8,11-13H,3,5-6,9-10,16H2,1-2H3,(H,17,19);2*1H/t11-,12-,13?;;/m1../s1. The van der Waals surface area contributed by atoms with Crippen molar-refractivity contribution in [2.45, 2.75) is 25.3 Å². The molecule has 0 aromatic carbocycles. The Bertz CT molecular complexity index is 428. The van der Waals surface area contributed by atoms with E-state index in [1.165, 1.54) is 4.88 Å². The fourth-order valence-electron chi connectivity index (χ4n) is 3.01. The van der Waals surface area contributed by atoms with Crippen LogP contribution in [0, 0.1) is 11.8 Å². The van der Waals surface area contributed by atoms with Crippen LogP contribution in [0.4, 0.5) is 0 Å². The first kappa shape index (κ1) is 21.7. The maximum atomic E-state index is 12.3. The van der Waals surface area contributed by atoms with Gasteiger partial charge in [0.2, 0.25) is 5.91 Å². The van der Waals surface area contributed by atoms with E-state index < -0.39 is 0 Å². The van der Waals surface area contributed by atoms with Gasteiger partial charge in [0.15, 0.2) is 0 Å². The summed E-state index contributed by atoms with van der Waals surface area (Å²) in [4.78, 5) is 15.8. The van der Waals surface area contributed by atoms with Crippen LogP contribution in [0.25, 0.3) is 0 Å². The highest BCUT2D eigenvalue weighted by Crippen LogP contribution is 2.31. The normalized spacial score (nSPS) is 21.8. The zero-order valence-electron chi connectivity index (χ0n) is 13.2. The van der Waals surface area contributed by atoms with Gasteiger partial charge in [-0.25, -0.2) is 0 Å². The lowest BCUT2D eigenvalue weighted by Gasteiger charge is -2.25. The van der Waals surface area contributed by atoms with Crippen molar-refractivity contribution < 1.29 is 4.79 Å². The third-order valence-corrected chi connectivity index (χ3v) is 5.24. The fourth-order valence-corrected chi connectivity index (χ4v) is 3.93. The van der Waals surface area contributed by atoms with Crippen LogP contribution in [0.1, 0.15) is 30.2 Å². The number of rotatable bonds is 6. The predicted molar refractivity (Wildman–Crippen MR) is 98.1 cm³/mol. The van der Waals surface area contributed by atoms with Crippen LogP contribution in [0.15, 0.2) is 17.5 Å². The molecule has 7 heteroatoms. The summed E-state index contributed by atoms with van der Waals surface area (Å²) in [5.41, 5.74) is 5.76. The Morgan fingerprint density at radius 3 is 2.73 bits per heavy atom. The summed E-state index contributed by atoms with van der Waals surface area (Å²) in [5.74, 6) is 0.669. The van der Waals surface area contributed by atoms with Crippen LogP contribution in [0.3, 0.4) is 0 Å². The quantitative estimate of drug-likeness (QED) is 0.812. The molecule has 1 unspecified atom stereocenters. The van der Waals surface area contributed by atoms with Gasteiger partial charge in [-0.05, 0) is 50.8 Å². The van der Waals surface area contributed by atoms with E-state index >= 15 is 0 Å². The van der Waals surface area contributed by atoms with Crippen LogP contribution in [-0.2, 0) is 4.79 Å². The van der Waals surface area contributed by atoms with Crippen molar-refractivity contribution in [1.82, 2.24) is 10.2 Å². The zero-order valence-corrected chi connectivity index (χ0v) is 15.6. The number of halogens is 2. The highest BCUT2D eigenvalue weighted by Gasteiger charge is 2.32. The third-order valence-electron chi connectivity index (χ3n) is 4.26. The fraction of sp³-hybridized carbons (Fsp3) is 0.667. The summed E-state index contributed by atoms with van der Waals surface area (Å²) in [5, 5.41) is 5.21. The van der Waals surface area contributed by atoms with Crippen LogP contribution >= 0.6 is 36.2 Å². The van der Waals surface area contributed by atoms with E-state index in [0.717, 1.165) is 19.3 Å². The van der Waals surface area contributed by atoms with Gasteiger partial charge in [0.05, 0.1) is 6.04 Å². The number of nitrogens with two attached hydrogens (primary N) is 1. The molecule has 128 valence electrons. The Morgan fingerprint density at radius 2 is 2.18 bits per heavy atom. The lowest BCUT2D eigenvalue weighted by Crippen LogP contribution is -2.39. The molecule has 2 rings (SSSR count). The van der Waals surface area contributed by atoms with Gasteiger partial charge in [-0.1, -0.05) is 12.5 Å². The molecule has 3 N–H and O–H groups in total. The molecule has 1 heterocycles. The van der Waals surface area contributed by atoms with Crippen LogP contribution < -0.4 is 11.1 Å². The van der Waals surface area contributed by atoms with Crippen LogP contribution in [0.2, 0.25) is 0 Å². The smallest absolute Gasteiger partial charge is 0.223 e. The summed E-state index contributed by atoms with van der Waals surface area (Å²) in [6.45, 7) is 1.29. The predicted octanol–water partition coefficient (Wildman–Crippen LogP) is 2.69. The average Bonchev–Trinajstić information content (AvgIpc) is 3.09. The highest BCUT2D eigenvalue weighted by atomic mass is 35.5. The van der Waals surface area contributed by atoms with Crippen molar-refractivity contribution >= 4 is 42.1 Å². The molecule has 3 atom stereocenters. The van der Waals surface area contributed by atoms with E-state index in [-0.39, 0.29) is 42.7 Å². The number of likely N-dealkylation sites (N-methyl/N-ethyl adjacent to an activating group) is 1. The summed E-state index contributed by atoms with van der Waals surface area (Å²) in [7, 11) is 4.10. The first-order valence-electron chi connectivity index (χ1n) is 7.31. The number of carbonyl (C=O) groups excluding carboxylic acids is 1. The minimum Gasteiger partial charge on any atom is -0.354 e. The van der Waals surface area contributed by atoms with E-state index in [9.17, 15) is 4.79 Å². The van der Waals surface area contributed by atoms with E-state index in [1.807, 2.05) is 0 Å². The first-order chi connectivity index (χ1) is 9.63. The number of carbonyl (C=O) groups is 1. The summed E-state index contributed by atoms with van der Waals surface area (Å²) >= 11 is 1.74. The molecular formula is C15H27Cl2N3OS. The second-order valence-corrected chi connectivity index (χ2v) is 6.75. The van der Waals surface area contributed by atoms with Crippen LogP contribution in [-0.4, -0.2) is 38.0 Å². The first-order valence-corrected chi connectivity index (χ1v) is 8.19. The number of hydrogen-bond acceptors (Lipinski definition) is 4. The Kier molecular flexibility index (Phi) is 10.3. The lowest BCUT2D eigenvalue weighted by molar-refractivity contribution is -0.126. The summed E-state index contributed by atoms with van der Waals surface area (Å²) in [6.07, 6.45) is 3.21. The number of nitrogens with zero attached hydrogens (tertiary/aromatic N) is 1. The van der Waals surface area contributed by atoms with Crippen molar-refractivity contribution in [1.29, 1.82) is 0 Å². The molecule has 0 saturated heterocycles. The molecule has 1 amide bonds. The van der Waals surface area contributed by atoms with Crippen molar-refractivity contribution in [3.05, 3.63) is 22.4 Å². The van der Waals surface area contributed by atoms with E-state index in [2.05, 4.69) is 41.8 Å². The van der Waals surface area contributed by atoms with Gasteiger partial charge < -0.3 is 16.0 Å². The van der Waals surface area contributed by atoms with Crippen molar-refractivity contribution in [3.8, 4) is 0 Å². The van der Waals surface area contributed by atoms with Gasteiger partial charge in [-0.15, -0.1) is 36.2 Å². The lowest BCUT2D eigenvalue weighted by atomic mass is 9.95. The van der Waals surface area contributed by atoms with Crippen molar-refractivity contribution in [2.75, 3.05) is 27.2 Å². The molecule has 0 spiro atoms. The molecule has 0 aliphatic heterocycles. The molecule has 1 aromatic rings. The maximum absolute atomic E-state index is 12.3. The molecule has 1 fully saturated rings. The second kappa shape index (κ2) is 10.4. The van der Waals surface area contributed by atoms with Crippen molar-refractivity contribution in [3.63, 3.8) is 0 Å². The monoisotopic (exact) mass is 367 g/mol. The number of nitrogens with one attached hydrogen (secondary N) is 1. The Morgan fingerprint density at radius 1 is 1.45 bits per heavy atom. The largest absolute Gasteiger partial charge is 0.354 e. The highest BCUT2D eigenvalue weighted by molar-refractivity contribution is 7.10. The molecule has 0 bridgehead atoms. The van der Waals surface area contributed by atoms with Gasteiger partial charge in [0, 0.05) is 17.3 Å². The van der Waals surface area contributed by atoms with E-state index in [4.69, 9.17) is 5.73 Å². The van der Waals surface area contributed by atoms with Gasteiger partial charge in [-0.2, -0.15) is 0 Å². The molecule has 1 aliphatic rings. The summed E-state index contributed by atoms with van der Waals surface area (Å²) in [6, 6.07) is 4.43. The van der Waals surface area contributed by atoms with Crippen molar-refractivity contribution in [2.24, 2.45) is 17.6 Å². The number of hydrogen-bond donors (Lipinski definition) is 2. The van der Waals surface area contributed by atoms with Gasteiger partial charge in [0.1, 0.15) is 0 Å². The molecule has 1 aliphatic carbocycles. The van der Waals surface area contributed by atoms with Gasteiger partial charge >= 0.3 is 0 Å². The number of thiophene rings is 1. The minimum atomic E-state index is 0. The Hall–Kier alpha value is -0.330. The molecular weight excluding hydrogens is 341 g/mol. The molecule has 1 saturated carbocycles. The Labute approximate surface area is 149 Å². The SMILES string of the molecule is CN(C)C(CNC(=O)[C@@H]1CCC[C@@H]1CN)c1cccs1.Cl.Cl. The van der Waals surface area contributed by atoms with E-state index in [1.54, 1.807) is 11.3 Å². The molecule has 4 nitrogen and oxygen atoms in total. The minimum absolute atomic E-state index is 0. The zero-order chi connectivity index (χ0) is 14.5. The average molecular weight is 368 g/mol. The third kappa shape index (κ3) is 5.39. The molecule has 0 radical (unpaired) electrons. The maximum Gasteiger partial charge on any atom is 0.223 e. The van der Waals surface area contributed by atoms with Gasteiger partial charge in [-0.3, -0.25) is 4.79 Å². The molecule has 22 heavy (non-hydrogen) atoms. The van der Waals surface area contributed by atoms with E-state index in [0.29, 0.717) is 19.0 Å². The van der Waals surface area contributed by atoms with Crippen LogP contribution in [0.5, 0.6) is 0 Å². The van der Waals surface area contributed by atoms with Gasteiger partial charge in [0.25, 0.3) is 0 Å².